The fourth-order valence-electron chi connectivity index (χ4n) is 4.34. The molecule has 2 aromatic carbocycles. The lowest BCUT2D eigenvalue weighted by molar-refractivity contribution is -0.123. The summed E-state index contributed by atoms with van der Waals surface area (Å²) in [6.07, 6.45) is 3.31. The molecule has 0 aromatic heterocycles. The van der Waals surface area contributed by atoms with Gasteiger partial charge in [-0.3, -0.25) is 9.59 Å². The van der Waals surface area contributed by atoms with E-state index in [2.05, 4.69) is 5.32 Å². The maximum absolute atomic E-state index is 13.0. The van der Waals surface area contributed by atoms with Crippen molar-refractivity contribution in [1.29, 1.82) is 0 Å². The number of hydrogen-bond donors (Lipinski definition) is 1. The van der Waals surface area contributed by atoms with E-state index in [1.165, 1.54) is 9.21 Å². The number of amides is 2. The van der Waals surface area contributed by atoms with Crippen LogP contribution in [0.15, 0.2) is 47.4 Å². The van der Waals surface area contributed by atoms with Crippen molar-refractivity contribution >= 4 is 27.5 Å². The summed E-state index contributed by atoms with van der Waals surface area (Å²) >= 11 is 0. The number of hydrogen-bond acceptors (Lipinski definition) is 4. The van der Waals surface area contributed by atoms with Crippen LogP contribution in [0.25, 0.3) is 0 Å². The van der Waals surface area contributed by atoms with Gasteiger partial charge in [0.2, 0.25) is 21.8 Å². The summed E-state index contributed by atoms with van der Waals surface area (Å²) in [7, 11) is -3.53. The van der Waals surface area contributed by atoms with E-state index in [0.29, 0.717) is 44.6 Å². The van der Waals surface area contributed by atoms with Gasteiger partial charge in [0.1, 0.15) is 6.54 Å². The highest BCUT2D eigenvalue weighted by Gasteiger charge is 2.30. The number of carbonyl (C=O) groups is 2. The first-order valence-corrected chi connectivity index (χ1v) is 12.5. The van der Waals surface area contributed by atoms with Crippen LogP contribution in [-0.4, -0.2) is 44.2 Å². The molecule has 32 heavy (non-hydrogen) atoms. The number of nitrogens with zero attached hydrogens (tertiary/aromatic N) is 2. The summed E-state index contributed by atoms with van der Waals surface area (Å²) in [5.41, 5.74) is 3.54. The van der Waals surface area contributed by atoms with Gasteiger partial charge < -0.3 is 10.2 Å². The largest absolute Gasteiger partial charge is 0.350 e. The van der Waals surface area contributed by atoms with Gasteiger partial charge in [-0.15, -0.1) is 0 Å². The van der Waals surface area contributed by atoms with Gasteiger partial charge in [0.05, 0.1) is 4.90 Å². The van der Waals surface area contributed by atoms with Crippen molar-refractivity contribution in [3.8, 4) is 0 Å². The monoisotopic (exact) mass is 455 g/mol. The average Bonchev–Trinajstić information content (AvgIpc) is 3.28. The molecule has 0 spiro atoms. The summed E-state index contributed by atoms with van der Waals surface area (Å²) in [5.74, 6) is -0.367. The third-order valence-corrected chi connectivity index (χ3v) is 8.12. The van der Waals surface area contributed by atoms with Crippen molar-refractivity contribution in [3.63, 3.8) is 0 Å². The fourth-order valence-corrected chi connectivity index (χ4v) is 5.91. The highest BCUT2D eigenvalue weighted by molar-refractivity contribution is 7.89. The van der Waals surface area contributed by atoms with Gasteiger partial charge in [-0.2, -0.15) is 4.31 Å². The van der Waals surface area contributed by atoms with Gasteiger partial charge in [-0.25, -0.2) is 8.42 Å². The predicted octanol–water partition coefficient (Wildman–Crippen LogP) is 2.77. The Morgan fingerprint density at radius 1 is 1.03 bits per heavy atom. The van der Waals surface area contributed by atoms with E-state index >= 15 is 0 Å². The summed E-state index contributed by atoms with van der Waals surface area (Å²) in [5, 5.41) is 2.90. The summed E-state index contributed by atoms with van der Waals surface area (Å²) in [4.78, 5) is 27.2. The fraction of sp³-hybridized carbons (Fsp3) is 0.417. The number of anilines is 1. The van der Waals surface area contributed by atoms with E-state index in [-0.39, 0.29) is 23.3 Å². The van der Waals surface area contributed by atoms with Crippen LogP contribution in [0.4, 0.5) is 5.69 Å². The van der Waals surface area contributed by atoms with Crippen molar-refractivity contribution < 1.29 is 18.0 Å². The number of sulfonamides is 1. The van der Waals surface area contributed by atoms with Crippen LogP contribution >= 0.6 is 0 Å². The number of rotatable bonds is 6. The molecule has 7 nitrogen and oxygen atoms in total. The van der Waals surface area contributed by atoms with Gasteiger partial charge in [0, 0.05) is 31.7 Å². The topological polar surface area (TPSA) is 86.8 Å². The molecule has 0 aliphatic carbocycles. The Balaban J connectivity index is 1.53. The molecule has 4 rings (SSSR count). The maximum Gasteiger partial charge on any atom is 0.243 e. The Hall–Kier alpha value is -2.71. The second kappa shape index (κ2) is 9.42. The third kappa shape index (κ3) is 4.71. The van der Waals surface area contributed by atoms with Gasteiger partial charge in [0.25, 0.3) is 0 Å². The van der Waals surface area contributed by atoms with Crippen molar-refractivity contribution in [2.24, 2.45) is 0 Å². The van der Waals surface area contributed by atoms with Crippen molar-refractivity contribution in [3.05, 3.63) is 59.2 Å². The Bertz CT molecular complexity index is 1120. The molecule has 2 amide bonds. The molecule has 0 radical (unpaired) electrons. The number of aryl methyl sites for hydroxylation is 2. The van der Waals surface area contributed by atoms with E-state index in [1.807, 2.05) is 31.2 Å². The standard InChI is InChI=1S/C24H29N3O4S/c1-18-7-2-3-8-20(18)16-25-23(28)17-27-22-12-11-21(15-19(22)9-6-10-24(27)29)32(30,31)26-13-4-5-14-26/h2-3,7-8,11-12,15H,4-6,9-10,13-14,16-17H2,1H3,(H,25,28). The number of fused-ring (bicyclic) bond motifs is 1. The normalized spacial score (nSPS) is 17.2. The molecule has 1 fully saturated rings. The lowest BCUT2D eigenvalue weighted by Crippen LogP contribution is -2.40. The zero-order valence-electron chi connectivity index (χ0n) is 18.3. The molecular formula is C24H29N3O4S. The Labute approximate surface area is 189 Å². The van der Waals surface area contributed by atoms with Crippen molar-refractivity contribution in [2.75, 3.05) is 24.5 Å². The van der Waals surface area contributed by atoms with Gasteiger partial charge >= 0.3 is 0 Å². The maximum atomic E-state index is 13.0. The average molecular weight is 456 g/mol. The molecule has 1 saturated heterocycles. The first-order valence-electron chi connectivity index (χ1n) is 11.1. The minimum absolute atomic E-state index is 0.0874. The van der Waals surface area contributed by atoms with Gasteiger partial charge in [-0.1, -0.05) is 24.3 Å². The van der Waals surface area contributed by atoms with Crippen LogP contribution in [0.3, 0.4) is 0 Å². The molecule has 2 aromatic rings. The minimum atomic E-state index is -3.53. The molecular weight excluding hydrogens is 426 g/mol. The second-order valence-electron chi connectivity index (χ2n) is 8.44. The van der Waals surface area contributed by atoms with Crippen LogP contribution in [0, 0.1) is 6.92 Å². The lowest BCUT2D eigenvalue weighted by Gasteiger charge is -2.24. The number of benzene rings is 2. The highest BCUT2D eigenvalue weighted by Crippen LogP contribution is 2.31. The number of nitrogens with one attached hydrogen (secondary N) is 1. The van der Waals surface area contributed by atoms with E-state index in [0.717, 1.165) is 29.5 Å². The molecule has 2 aliphatic rings. The first-order chi connectivity index (χ1) is 15.4. The SMILES string of the molecule is Cc1ccccc1CNC(=O)CN1C(=O)CCCc2cc(S(=O)(=O)N3CCCC3)ccc21. The molecule has 0 bridgehead atoms. The zero-order chi connectivity index (χ0) is 22.7. The Kier molecular flexibility index (Phi) is 6.62. The zero-order valence-corrected chi connectivity index (χ0v) is 19.2. The number of carbonyl (C=O) groups excluding carboxylic acids is 2. The van der Waals surface area contributed by atoms with Gasteiger partial charge in [-0.05, 0) is 67.5 Å². The molecule has 8 heteroatoms. The summed E-state index contributed by atoms with van der Waals surface area (Å²) in [6.45, 7) is 3.39. The van der Waals surface area contributed by atoms with Crippen LogP contribution in [0.5, 0.6) is 0 Å². The highest BCUT2D eigenvalue weighted by atomic mass is 32.2. The van der Waals surface area contributed by atoms with E-state index < -0.39 is 10.0 Å². The molecule has 0 saturated carbocycles. The van der Waals surface area contributed by atoms with Crippen LogP contribution in [0.2, 0.25) is 0 Å². The molecule has 0 atom stereocenters. The van der Waals surface area contributed by atoms with Crippen LogP contribution in [-0.2, 0) is 32.6 Å². The Morgan fingerprint density at radius 3 is 2.53 bits per heavy atom. The molecule has 1 N–H and O–H groups in total. The second-order valence-corrected chi connectivity index (χ2v) is 10.4. The minimum Gasteiger partial charge on any atom is -0.350 e. The first kappa shape index (κ1) is 22.5. The van der Waals surface area contributed by atoms with E-state index in [1.54, 1.807) is 18.2 Å². The van der Waals surface area contributed by atoms with E-state index in [9.17, 15) is 18.0 Å². The Morgan fingerprint density at radius 2 is 1.78 bits per heavy atom. The van der Waals surface area contributed by atoms with Crippen LogP contribution < -0.4 is 10.2 Å². The van der Waals surface area contributed by atoms with E-state index in [4.69, 9.17) is 0 Å². The predicted molar refractivity (Wildman–Crippen MR) is 123 cm³/mol. The molecule has 2 heterocycles. The summed E-state index contributed by atoms with van der Waals surface area (Å²) < 4.78 is 27.4. The van der Waals surface area contributed by atoms with Crippen molar-refractivity contribution in [1.82, 2.24) is 9.62 Å². The lowest BCUT2D eigenvalue weighted by atomic mass is 10.1. The molecule has 170 valence electrons. The molecule has 2 aliphatic heterocycles. The van der Waals surface area contributed by atoms with Crippen LogP contribution in [0.1, 0.15) is 42.4 Å². The van der Waals surface area contributed by atoms with Crippen molar-refractivity contribution in [2.45, 2.75) is 50.5 Å². The summed E-state index contributed by atoms with van der Waals surface area (Å²) in [6, 6.07) is 12.7. The molecule has 0 unspecified atom stereocenters. The quantitative estimate of drug-likeness (QED) is 0.726. The third-order valence-electron chi connectivity index (χ3n) is 6.22. The smallest absolute Gasteiger partial charge is 0.243 e. The van der Waals surface area contributed by atoms with Gasteiger partial charge in [0.15, 0.2) is 0 Å².